The fourth-order valence-corrected chi connectivity index (χ4v) is 1.97. The van der Waals surface area contributed by atoms with Crippen molar-refractivity contribution in [2.45, 2.75) is 39.7 Å². The number of aromatic nitrogens is 3. The molecule has 1 rings (SSSR count). The quantitative estimate of drug-likeness (QED) is 0.288. The molecule has 0 aliphatic carbocycles. The molecular weight excluding hydrogens is 296 g/mol. The van der Waals surface area contributed by atoms with Gasteiger partial charge in [0, 0.05) is 32.6 Å². The molecule has 8 nitrogen and oxygen atoms in total. The minimum atomic E-state index is 0.0500. The summed E-state index contributed by atoms with van der Waals surface area (Å²) in [6.07, 6.45) is 4.82. The number of aliphatic hydroxyl groups excluding tert-OH is 1. The Morgan fingerprint density at radius 1 is 1.30 bits per heavy atom. The van der Waals surface area contributed by atoms with E-state index in [4.69, 9.17) is 9.84 Å². The largest absolute Gasteiger partial charge is 0.394 e. The van der Waals surface area contributed by atoms with Crippen LogP contribution in [0.3, 0.4) is 0 Å². The summed E-state index contributed by atoms with van der Waals surface area (Å²) in [5, 5.41) is 23.2. The lowest BCUT2D eigenvalue weighted by Crippen LogP contribution is -2.40. The number of aliphatic hydroxyl groups is 1. The van der Waals surface area contributed by atoms with Crippen LogP contribution in [0.4, 0.5) is 0 Å². The highest BCUT2D eigenvalue weighted by molar-refractivity contribution is 5.79. The van der Waals surface area contributed by atoms with Gasteiger partial charge in [0.2, 0.25) is 0 Å². The second-order valence-electron chi connectivity index (χ2n) is 5.07. The van der Waals surface area contributed by atoms with E-state index in [0.29, 0.717) is 19.8 Å². The van der Waals surface area contributed by atoms with Gasteiger partial charge in [0.05, 0.1) is 19.8 Å². The molecular formula is C15H30N6O2. The zero-order chi connectivity index (χ0) is 16.8. The number of aliphatic imine (C=N–C) groups is 1. The maximum absolute atomic E-state index is 8.67. The van der Waals surface area contributed by atoms with Crippen LogP contribution >= 0.6 is 0 Å². The molecule has 0 amide bonds. The van der Waals surface area contributed by atoms with Gasteiger partial charge in [-0.05, 0) is 6.42 Å². The standard InChI is InChI=1S/C15H30N6O2/c1-3-5-6-16-15(18-8-11-23-12-10-22)17-7-9-21-13-19-20-14(21)4-2/h13,22H,3-12H2,1-2H3,(H2,16,17,18). The predicted octanol–water partition coefficient (Wildman–Crippen LogP) is 0.185. The number of aryl methyl sites for hydroxylation is 1. The highest BCUT2D eigenvalue weighted by atomic mass is 16.5. The molecule has 0 saturated heterocycles. The third-order valence-electron chi connectivity index (χ3n) is 3.21. The lowest BCUT2D eigenvalue weighted by Gasteiger charge is -2.13. The van der Waals surface area contributed by atoms with Crippen LogP contribution in [0.5, 0.6) is 0 Å². The van der Waals surface area contributed by atoms with Gasteiger partial charge in [0.25, 0.3) is 0 Å². The zero-order valence-electron chi connectivity index (χ0n) is 14.3. The minimum Gasteiger partial charge on any atom is -0.394 e. The Balaban J connectivity index is 2.34. The van der Waals surface area contributed by atoms with Gasteiger partial charge in [-0.25, -0.2) is 0 Å². The first kappa shape index (κ1) is 19.4. The van der Waals surface area contributed by atoms with Crippen molar-refractivity contribution in [2.75, 3.05) is 39.5 Å². The predicted molar refractivity (Wildman–Crippen MR) is 90.5 cm³/mol. The number of unbranched alkanes of at least 4 members (excludes halogenated alkanes) is 1. The summed E-state index contributed by atoms with van der Waals surface area (Å²) in [6.45, 7) is 8.18. The highest BCUT2D eigenvalue weighted by Crippen LogP contribution is 1.94. The second-order valence-corrected chi connectivity index (χ2v) is 5.07. The Labute approximate surface area is 138 Å². The minimum absolute atomic E-state index is 0.0500. The van der Waals surface area contributed by atoms with E-state index in [-0.39, 0.29) is 6.61 Å². The van der Waals surface area contributed by atoms with E-state index in [1.54, 1.807) is 6.33 Å². The van der Waals surface area contributed by atoms with Crippen molar-refractivity contribution >= 4 is 5.96 Å². The van der Waals surface area contributed by atoms with Crippen molar-refractivity contribution in [3.05, 3.63) is 12.2 Å². The van der Waals surface area contributed by atoms with Gasteiger partial charge in [0.1, 0.15) is 12.2 Å². The molecule has 0 unspecified atom stereocenters. The number of nitrogens with zero attached hydrogens (tertiary/aromatic N) is 4. The summed E-state index contributed by atoms with van der Waals surface area (Å²) in [4.78, 5) is 4.54. The maximum atomic E-state index is 8.67. The maximum Gasteiger partial charge on any atom is 0.191 e. The number of rotatable bonds is 12. The number of guanidine groups is 1. The van der Waals surface area contributed by atoms with Gasteiger partial charge >= 0.3 is 0 Å². The monoisotopic (exact) mass is 326 g/mol. The van der Waals surface area contributed by atoms with Crippen LogP contribution in [0.1, 0.15) is 32.5 Å². The summed E-state index contributed by atoms with van der Waals surface area (Å²) < 4.78 is 7.28. The Bertz CT molecular complexity index is 435. The highest BCUT2D eigenvalue weighted by Gasteiger charge is 2.02. The third kappa shape index (κ3) is 8.51. The molecule has 0 aliphatic heterocycles. The Hall–Kier alpha value is -1.67. The van der Waals surface area contributed by atoms with Gasteiger partial charge in [0.15, 0.2) is 5.96 Å². The van der Waals surface area contributed by atoms with Crippen LogP contribution in [0.15, 0.2) is 11.3 Å². The van der Waals surface area contributed by atoms with Crippen molar-refractivity contribution in [2.24, 2.45) is 4.99 Å². The molecule has 0 bridgehead atoms. The molecule has 1 aromatic heterocycles. The van der Waals surface area contributed by atoms with Crippen LogP contribution in [-0.4, -0.2) is 65.3 Å². The molecule has 1 aromatic rings. The van der Waals surface area contributed by atoms with Crippen molar-refractivity contribution in [3.63, 3.8) is 0 Å². The Kier molecular flexibility index (Phi) is 10.8. The number of ether oxygens (including phenoxy) is 1. The van der Waals surface area contributed by atoms with Gasteiger partial charge in [-0.15, -0.1) is 10.2 Å². The smallest absolute Gasteiger partial charge is 0.191 e. The molecule has 0 radical (unpaired) electrons. The molecule has 23 heavy (non-hydrogen) atoms. The van der Waals surface area contributed by atoms with E-state index in [1.165, 1.54) is 0 Å². The third-order valence-corrected chi connectivity index (χ3v) is 3.21. The summed E-state index contributed by atoms with van der Waals surface area (Å²) >= 11 is 0. The molecule has 0 atom stereocenters. The van der Waals surface area contributed by atoms with E-state index in [1.807, 2.05) is 4.57 Å². The molecule has 0 fully saturated rings. The van der Waals surface area contributed by atoms with E-state index in [9.17, 15) is 0 Å². The van der Waals surface area contributed by atoms with Crippen LogP contribution in [0, 0.1) is 0 Å². The number of hydrogen-bond donors (Lipinski definition) is 3. The SMILES string of the molecule is CCCCN=C(NCCOCCO)NCCn1cnnc1CC. The molecule has 3 N–H and O–H groups in total. The molecule has 0 aromatic carbocycles. The van der Waals surface area contributed by atoms with E-state index in [0.717, 1.165) is 50.7 Å². The van der Waals surface area contributed by atoms with Crippen LogP contribution in [-0.2, 0) is 17.7 Å². The summed E-state index contributed by atoms with van der Waals surface area (Å²) in [7, 11) is 0. The van der Waals surface area contributed by atoms with E-state index >= 15 is 0 Å². The van der Waals surface area contributed by atoms with Gasteiger partial charge in [-0.1, -0.05) is 20.3 Å². The molecule has 8 heteroatoms. The van der Waals surface area contributed by atoms with Crippen molar-refractivity contribution in [1.82, 2.24) is 25.4 Å². The van der Waals surface area contributed by atoms with Crippen LogP contribution in [0.2, 0.25) is 0 Å². The van der Waals surface area contributed by atoms with Crippen molar-refractivity contribution < 1.29 is 9.84 Å². The van der Waals surface area contributed by atoms with Crippen LogP contribution in [0.25, 0.3) is 0 Å². The van der Waals surface area contributed by atoms with Crippen LogP contribution < -0.4 is 10.6 Å². The fraction of sp³-hybridized carbons (Fsp3) is 0.800. The fourth-order valence-electron chi connectivity index (χ4n) is 1.97. The topological polar surface area (TPSA) is 96.6 Å². The second kappa shape index (κ2) is 12.8. The molecule has 132 valence electrons. The zero-order valence-corrected chi connectivity index (χ0v) is 14.3. The summed E-state index contributed by atoms with van der Waals surface area (Å²) in [5.74, 6) is 1.78. The Morgan fingerprint density at radius 2 is 2.13 bits per heavy atom. The van der Waals surface area contributed by atoms with Gasteiger partial charge < -0.3 is 25.0 Å². The van der Waals surface area contributed by atoms with E-state index < -0.39 is 0 Å². The lowest BCUT2D eigenvalue weighted by molar-refractivity contribution is 0.0957. The van der Waals surface area contributed by atoms with E-state index in [2.05, 4.69) is 39.7 Å². The van der Waals surface area contributed by atoms with Crippen molar-refractivity contribution in [1.29, 1.82) is 0 Å². The average molecular weight is 326 g/mol. The molecule has 1 heterocycles. The van der Waals surface area contributed by atoms with Crippen molar-refractivity contribution in [3.8, 4) is 0 Å². The number of nitrogens with one attached hydrogen (secondary N) is 2. The lowest BCUT2D eigenvalue weighted by atomic mass is 10.3. The molecule has 0 spiro atoms. The first-order valence-electron chi connectivity index (χ1n) is 8.39. The molecule has 0 saturated carbocycles. The normalized spacial score (nSPS) is 11.7. The Morgan fingerprint density at radius 3 is 2.87 bits per heavy atom. The van der Waals surface area contributed by atoms with Gasteiger partial charge in [-0.3, -0.25) is 4.99 Å². The summed E-state index contributed by atoms with van der Waals surface area (Å²) in [6, 6.07) is 0. The first-order valence-corrected chi connectivity index (χ1v) is 8.39. The number of hydrogen-bond acceptors (Lipinski definition) is 5. The first-order chi connectivity index (χ1) is 11.3. The summed E-state index contributed by atoms with van der Waals surface area (Å²) in [5.41, 5.74) is 0. The average Bonchev–Trinajstić information content (AvgIpc) is 3.02. The van der Waals surface area contributed by atoms with Gasteiger partial charge in [-0.2, -0.15) is 0 Å². The molecule has 0 aliphatic rings.